The Kier molecular flexibility index (Phi) is 4.46. The Hall–Kier alpha value is -2.67. The number of hydrogen-bond donors (Lipinski definition) is 1. The van der Waals surface area contributed by atoms with Gasteiger partial charge < -0.3 is 19.7 Å². The van der Waals surface area contributed by atoms with Crippen LogP contribution < -0.4 is 10.1 Å². The average molecular weight is 360 g/mol. The van der Waals surface area contributed by atoms with Crippen LogP contribution in [0.25, 0.3) is 0 Å². The largest absolute Gasteiger partial charge is 0.493 e. The Morgan fingerprint density at radius 3 is 2.88 bits per heavy atom. The van der Waals surface area contributed by atoms with E-state index in [0.29, 0.717) is 18.8 Å². The number of nitrogens with zero attached hydrogens (tertiary/aromatic N) is 1. The number of nitrogens with one attached hydrogen (secondary N) is 1. The highest BCUT2D eigenvalue weighted by Crippen LogP contribution is 2.29. The lowest BCUT2D eigenvalue weighted by molar-refractivity contribution is -0.0152. The zero-order chi connectivity index (χ0) is 18.1. The molecule has 2 aliphatic rings. The summed E-state index contributed by atoms with van der Waals surface area (Å²) in [5.74, 6) is -0.464. The van der Waals surface area contributed by atoms with E-state index < -0.39 is 17.7 Å². The van der Waals surface area contributed by atoms with Gasteiger partial charge in [0.2, 0.25) is 0 Å². The minimum atomic E-state index is -0.670. The molecular weight excluding hydrogens is 342 g/mol. The van der Waals surface area contributed by atoms with Crippen molar-refractivity contribution in [1.29, 1.82) is 0 Å². The highest BCUT2D eigenvalue weighted by molar-refractivity contribution is 5.89. The minimum absolute atomic E-state index is 0.197. The summed E-state index contributed by atoms with van der Waals surface area (Å²) in [6.45, 7) is 1.54. The summed E-state index contributed by atoms with van der Waals surface area (Å²) in [5.41, 5.74) is 2.00. The van der Waals surface area contributed by atoms with Crippen LogP contribution in [0.3, 0.4) is 0 Å². The molecule has 1 unspecified atom stereocenters. The average Bonchev–Trinajstić information content (AvgIpc) is 3.09. The van der Waals surface area contributed by atoms with Crippen molar-refractivity contribution in [3.63, 3.8) is 0 Å². The third-order valence-electron chi connectivity index (χ3n) is 4.60. The van der Waals surface area contributed by atoms with Crippen LogP contribution in [0, 0.1) is 11.6 Å². The van der Waals surface area contributed by atoms with E-state index in [0.717, 1.165) is 23.8 Å². The van der Waals surface area contributed by atoms with Gasteiger partial charge in [-0.25, -0.2) is 13.6 Å². The van der Waals surface area contributed by atoms with Gasteiger partial charge in [0.25, 0.3) is 0 Å². The number of rotatable bonds is 2. The number of benzene rings is 2. The summed E-state index contributed by atoms with van der Waals surface area (Å²) in [7, 11) is 0. The molecule has 0 radical (unpaired) electrons. The highest BCUT2D eigenvalue weighted by atomic mass is 19.1. The van der Waals surface area contributed by atoms with Crippen LogP contribution in [0.5, 0.6) is 5.75 Å². The Bertz CT molecular complexity index is 844. The fourth-order valence-corrected chi connectivity index (χ4v) is 3.25. The Labute approximate surface area is 149 Å². The standard InChI is InChI=1S/C19H18F2N2O3/c20-13-1-3-15(16(21)10-13)18-11-23(6-8-26-18)19(24)22-14-2-4-17-12(9-14)5-7-25-17/h1-4,9-10,18H,5-8,11H2,(H,22,24). The quantitative estimate of drug-likeness (QED) is 0.892. The first kappa shape index (κ1) is 16.8. The van der Waals surface area contributed by atoms with Crippen molar-refractivity contribution in [2.45, 2.75) is 12.5 Å². The van der Waals surface area contributed by atoms with E-state index in [1.807, 2.05) is 12.1 Å². The molecule has 1 atom stereocenters. The number of hydrogen-bond acceptors (Lipinski definition) is 3. The van der Waals surface area contributed by atoms with Gasteiger partial charge in [0, 0.05) is 30.3 Å². The van der Waals surface area contributed by atoms with Gasteiger partial charge >= 0.3 is 6.03 Å². The second-order valence-corrected chi connectivity index (χ2v) is 6.32. The number of fused-ring (bicyclic) bond motifs is 1. The second kappa shape index (κ2) is 6.92. The van der Waals surface area contributed by atoms with Crippen LogP contribution in [-0.2, 0) is 11.2 Å². The van der Waals surface area contributed by atoms with Gasteiger partial charge in [-0.1, -0.05) is 6.07 Å². The molecule has 1 fully saturated rings. The topological polar surface area (TPSA) is 50.8 Å². The Morgan fingerprint density at radius 1 is 1.15 bits per heavy atom. The number of amides is 2. The number of anilines is 1. The zero-order valence-electron chi connectivity index (χ0n) is 14.0. The molecular formula is C19H18F2N2O3. The van der Waals surface area contributed by atoms with E-state index in [-0.39, 0.29) is 24.7 Å². The maximum Gasteiger partial charge on any atom is 0.322 e. The summed E-state index contributed by atoms with van der Waals surface area (Å²) >= 11 is 0. The number of ether oxygens (including phenoxy) is 2. The van der Waals surface area contributed by atoms with E-state index in [9.17, 15) is 13.6 Å². The normalized spacial score (nSPS) is 19.0. The van der Waals surface area contributed by atoms with E-state index in [1.54, 1.807) is 11.0 Å². The lowest BCUT2D eigenvalue weighted by atomic mass is 10.1. The number of urea groups is 1. The van der Waals surface area contributed by atoms with Crippen LogP contribution in [0.2, 0.25) is 0 Å². The maximum atomic E-state index is 14.0. The van der Waals surface area contributed by atoms with Gasteiger partial charge in [-0.2, -0.15) is 0 Å². The molecule has 0 aromatic heterocycles. The van der Waals surface area contributed by atoms with Crippen molar-refractivity contribution in [1.82, 2.24) is 4.90 Å². The van der Waals surface area contributed by atoms with E-state index in [4.69, 9.17) is 9.47 Å². The first-order chi connectivity index (χ1) is 12.6. The highest BCUT2D eigenvalue weighted by Gasteiger charge is 2.27. The van der Waals surface area contributed by atoms with Crippen molar-refractivity contribution in [3.05, 3.63) is 59.2 Å². The molecule has 2 aromatic carbocycles. The van der Waals surface area contributed by atoms with Gasteiger partial charge in [-0.3, -0.25) is 0 Å². The van der Waals surface area contributed by atoms with Gasteiger partial charge in [-0.05, 0) is 29.8 Å². The molecule has 0 aliphatic carbocycles. The third kappa shape index (κ3) is 3.35. The summed E-state index contributed by atoms with van der Waals surface area (Å²) in [6, 6.07) is 8.63. The molecule has 2 amide bonds. The molecule has 1 N–H and O–H groups in total. The molecule has 2 heterocycles. The van der Waals surface area contributed by atoms with E-state index in [2.05, 4.69) is 5.32 Å². The molecule has 2 aliphatic heterocycles. The van der Waals surface area contributed by atoms with Crippen molar-refractivity contribution >= 4 is 11.7 Å². The monoisotopic (exact) mass is 360 g/mol. The van der Waals surface area contributed by atoms with Gasteiger partial charge in [0.05, 0.1) is 19.8 Å². The zero-order valence-corrected chi connectivity index (χ0v) is 14.0. The van der Waals surface area contributed by atoms with Gasteiger partial charge in [0.1, 0.15) is 23.5 Å². The first-order valence-electron chi connectivity index (χ1n) is 8.48. The fraction of sp³-hybridized carbons (Fsp3) is 0.316. The maximum absolute atomic E-state index is 14.0. The van der Waals surface area contributed by atoms with Crippen LogP contribution in [0.15, 0.2) is 36.4 Å². The molecule has 136 valence electrons. The summed E-state index contributed by atoms with van der Waals surface area (Å²) in [6.07, 6.45) is 0.200. The molecule has 0 bridgehead atoms. The molecule has 0 saturated carbocycles. The Morgan fingerprint density at radius 2 is 2.04 bits per heavy atom. The molecule has 1 saturated heterocycles. The number of carbonyl (C=O) groups excluding carboxylic acids is 1. The van der Waals surface area contributed by atoms with Crippen molar-refractivity contribution in [2.75, 3.05) is 31.6 Å². The van der Waals surface area contributed by atoms with Crippen molar-refractivity contribution < 1.29 is 23.0 Å². The Balaban J connectivity index is 1.44. The molecule has 7 heteroatoms. The lowest BCUT2D eigenvalue weighted by Gasteiger charge is -2.33. The van der Waals surface area contributed by atoms with Crippen molar-refractivity contribution in [3.8, 4) is 5.75 Å². The molecule has 5 nitrogen and oxygen atoms in total. The third-order valence-corrected chi connectivity index (χ3v) is 4.60. The van der Waals surface area contributed by atoms with E-state index >= 15 is 0 Å². The van der Waals surface area contributed by atoms with Crippen LogP contribution in [-0.4, -0.2) is 37.2 Å². The van der Waals surface area contributed by atoms with Crippen molar-refractivity contribution in [2.24, 2.45) is 0 Å². The SMILES string of the molecule is O=C(Nc1ccc2c(c1)CCO2)N1CCOC(c2ccc(F)cc2F)C1. The predicted molar refractivity (Wildman–Crippen MR) is 91.3 cm³/mol. The molecule has 2 aromatic rings. The number of halogens is 2. The molecule has 0 spiro atoms. The fourth-order valence-electron chi connectivity index (χ4n) is 3.25. The molecule has 26 heavy (non-hydrogen) atoms. The number of morpholine rings is 1. The summed E-state index contributed by atoms with van der Waals surface area (Å²) < 4.78 is 38.1. The molecule has 4 rings (SSSR count). The number of carbonyl (C=O) groups is 1. The lowest BCUT2D eigenvalue weighted by Crippen LogP contribution is -2.44. The van der Waals surface area contributed by atoms with Crippen LogP contribution in [0.1, 0.15) is 17.2 Å². The minimum Gasteiger partial charge on any atom is -0.493 e. The van der Waals surface area contributed by atoms with Gasteiger partial charge in [-0.15, -0.1) is 0 Å². The van der Waals surface area contributed by atoms with Crippen LogP contribution >= 0.6 is 0 Å². The summed E-state index contributed by atoms with van der Waals surface area (Å²) in [4.78, 5) is 14.1. The smallest absolute Gasteiger partial charge is 0.322 e. The predicted octanol–water partition coefficient (Wildman–Crippen LogP) is 3.51. The van der Waals surface area contributed by atoms with E-state index in [1.165, 1.54) is 12.1 Å². The van der Waals surface area contributed by atoms with Crippen LogP contribution in [0.4, 0.5) is 19.3 Å². The first-order valence-corrected chi connectivity index (χ1v) is 8.48. The van der Waals surface area contributed by atoms with Gasteiger partial charge in [0.15, 0.2) is 0 Å². The second-order valence-electron chi connectivity index (χ2n) is 6.32. The summed E-state index contributed by atoms with van der Waals surface area (Å²) in [5, 5.41) is 2.86.